The van der Waals surface area contributed by atoms with Gasteiger partial charge in [-0.1, -0.05) is 5.10 Å². The van der Waals surface area contributed by atoms with Crippen molar-refractivity contribution in [2.24, 2.45) is 0 Å². The fourth-order valence-corrected chi connectivity index (χ4v) is 2.77. The summed E-state index contributed by atoms with van der Waals surface area (Å²) >= 11 is 0. The van der Waals surface area contributed by atoms with E-state index in [0.717, 1.165) is 6.26 Å². The minimum Gasteiger partial charge on any atom is -0.403 e. The number of hydrogen-bond acceptors (Lipinski definition) is 8. The van der Waals surface area contributed by atoms with Crippen LogP contribution in [0.15, 0.2) is 57.8 Å². The van der Waals surface area contributed by atoms with E-state index in [9.17, 15) is 23.3 Å². The third-order valence-corrected chi connectivity index (χ3v) is 4.64. The van der Waals surface area contributed by atoms with Crippen LogP contribution in [-0.2, 0) is 9.84 Å². The molecule has 0 aliphatic rings. The lowest BCUT2D eigenvalue weighted by atomic mass is 10.2. The molecule has 27 heavy (non-hydrogen) atoms. The number of nitro benzene ring substituents is 1. The smallest absolute Gasteiger partial charge is 0.322 e. The summed E-state index contributed by atoms with van der Waals surface area (Å²) in [4.78, 5) is 22.3. The SMILES string of the molecule is CS(=O)(=O)c1ccc(-c2nnc(NC(=O)c3ccc([N+](=O)[O-])cc3)o2)cc1. The van der Waals surface area contributed by atoms with Gasteiger partial charge in [0.2, 0.25) is 5.89 Å². The van der Waals surface area contributed by atoms with Gasteiger partial charge in [-0.2, -0.15) is 0 Å². The average molecular weight is 388 g/mol. The van der Waals surface area contributed by atoms with Crippen LogP contribution in [0.25, 0.3) is 11.5 Å². The van der Waals surface area contributed by atoms with Gasteiger partial charge in [0.15, 0.2) is 9.84 Å². The standard InChI is InChI=1S/C16H12N4O6S/c1-27(24,25)13-8-4-11(5-9-13)15-18-19-16(26-15)17-14(21)10-2-6-12(7-3-10)20(22)23/h2-9H,1H3,(H,17,19,21). The number of amides is 1. The normalized spacial score (nSPS) is 11.1. The van der Waals surface area contributed by atoms with Crippen LogP contribution < -0.4 is 5.32 Å². The number of carbonyl (C=O) groups excluding carboxylic acids is 1. The van der Waals surface area contributed by atoms with Gasteiger partial charge in [0.25, 0.3) is 11.6 Å². The largest absolute Gasteiger partial charge is 0.403 e. The summed E-state index contributed by atoms with van der Waals surface area (Å²) in [6, 6.07) is 10.7. The van der Waals surface area contributed by atoms with Crippen molar-refractivity contribution in [1.82, 2.24) is 10.2 Å². The first kappa shape index (κ1) is 18.2. The summed E-state index contributed by atoms with van der Waals surface area (Å²) in [7, 11) is -3.32. The fourth-order valence-electron chi connectivity index (χ4n) is 2.14. The van der Waals surface area contributed by atoms with E-state index in [4.69, 9.17) is 4.42 Å². The molecule has 0 saturated carbocycles. The predicted octanol–water partition coefficient (Wildman–Crippen LogP) is 2.30. The van der Waals surface area contributed by atoms with Crippen molar-refractivity contribution in [1.29, 1.82) is 0 Å². The van der Waals surface area contributed by atoms with Crippen LogP contribution in [0.1, 0.15) is 10.4 Å². The van der Waals surface area contributed by atoms with Crippen molar-refractivity contribution in [3.63, 3.8) is 0 Å². The third-order valence-electron chi connectivity index (χ3n) is 3.52. The quantitative estimate of drug-likeness (QED) is 0.517. The van der Waals surface area contributed by atoms with Crippen molar-refractivity contribution in [2.75, 3.05) is 11.6 Å². The van der Waals surface area contributed by atoms with E-state index in [-0.39, 0.29) is 28.1 Å². The van der Waals surface area contributed by atoms with E-state index in [1.165, 1.54) is 48.5 Å². The summed E-state index contributed by atoms with van der Waals surface area (Å²) in [6.07, 6.45) is 1.10. The number of nitrogens with one attached hydrogen (secondary N) is 1. The highest BCUT2D eigenvalue weighted by atomic mass is 32.2. The topological polar surface area (TPSA) is 145 Å². The molecule has 3 aromatic rings. The molecule has 3 rings (SSSR count). The van der Waals surface area contributed by atoms with Gasteiger partial charge >= 0.3 is 6.01 Å². The zero-order valence-corrected chi connectivity index (χ0v) is 14.6. The summed E-state index contributed by atoms with van der Waals surface area (Å²) in [5.41, 5.74) is 0.521. The number of anilines is 1. The van der Waals surface area contributed by atoms with Crippen LogP contribution in [0.5, 0.6) is 0 Å². The van der Waals surface area contributed by atoms with E-state index in [0.29, 0.717) is 5.56 Å². The second kappa shape index (κ2) is 6.96. The maximum absolute atomic E-state index is 12.1. The van der Waals surface area contributed by atoms with Gasteiger partial charge < -0.3 is 4.42 Å². The van der Waals surface area contributed by atoms with Crippen LogP contribution in [0.3, 0.4) is 0 Å². The van der Waals surface area contributed by atoms with Crippen molar-refractivity contribution in [3.8, 4) is 11.5 Å². The zero-order chi connectivity index (χ0) is 19.6. The average Bonchev–Trinajstić information content (AvgIpc) is 3.09. The number of hydrogen-bond donors (Lipinski definition) is 1. The molecule has 10 nitrogen and oxygen atoms in total. The Balaban J connectivity index is 1.74. The number of non-ortho nitro benzene ring substituents is 1. The van der Waals surface area contributed by atoms with E-state index in [1.54, 1.807) is 0 Å². The number of aromatic nitrogens is 2. The van der Waals surface area contributed by atoms with Gasteiger partial charge in [0, 0.05) is 29.5 Å². The first-order valence-electron chi connectivity index (χ1n) is 7.44. The van der Waals surface area contributed by atoms with Gasteiger partial charge in [0.05, 0.1) is 9.82 Å². The van der Waals surface area contributed by atoms with Gasteiger partial charge in [-0.15, -0.1) is 5.10 Å². The predicted molar refractivity (Wildman–Crippen MR) is 93.9 cm³/mol. The Morgan fingerprint density at radius 2 is 1.70 bits per heavy atom. The molecular weight excluding hydrogens is 376 g/mol. The molecule has 1 heterocycles. The minimum atomic E-state index is -3.32. The molecule has 1 amide bonds. The molecule has 0 bridgehead atoms. The minimum absolute atomic E-state index is 0.0917. The first-order valence-corrected chi connectivity index (χ1v) is 9.33. The van der Waals surface area contributed by atoms with Crippen LogP contribution in [0.4, 0.5) is 11.7 Å². The Kier molecular flexibility index (Phi) is 4.69. The lowest BCUT2D eigenvalue weighted by Gasteiger charge is -2.00. The van der Waals surface area contributed by atoms with E-state index < -0.39 is 20.7 Å². The number of carbonyl (C=O) groups is 1. The summed E-state index contributed by atoms with van der Waals surface area (Å²) in [6.45, 7) is 0. The van der Waals surface area contributed by atoms with Gasteiger partial charge in [-0.3, -0.25) is 20.2 Å². The number of nitro groups is 1. The molecule has 0 aliphatic carbocycles. The lowest BCUT2D eigenvalue weighted by Crippen LogP contribution is -2.12. The monoisotopic (exact) mass is 388 g/mol. The second-order valence-electron chi connectivity index (χ2n) is 5.47. The van der Waals surface area contributed by atoms with Gasteiger partial charge in [-0.05, 0) is 36.4 Å². The Morgan fingerprint density at radius 3 is 2.26 bits per heavy atom. The van der Waals surface area contributed by atoms with Gasteiger partial charge in [-0.25, -0.2) is 8.42 Å². The molecule has 0 fully saturated rings. The zero-order valence-electron chi connectivity index (χ0n) is 13.8. The molecular formula is C16H12N4O6S. The van der Waals surface area contributed by atoms with Crippen molar-refractivity contribution >= 4 is 27.4 Å². The number of sulfone groups is 1. The molecule has 11 heteroatoms. The van der Waals surface area contributed by atoms with Crippen molar-refractivity contribution in [2.45, 2.75) is 4.90 Å². The van der Waals surface area contributed by atoms with Crippen LogP contribution in [0, 0.1) is 10.1 Å². The first-order chi connectivity index (χ1) is 12.7. The lowest BCUT2D eigenvalue weighted by molar-refractivity contribution is -0.384. The molecule has 0 aliphatic heterocycles. The van der Waals surface area contributed by atoms with Crippen LogP contribution >= 0.6 is 0 Å². The highest BCUT2D eigenvalue weighted by Crippen LogP contribution is 2.22. The van der Waals surface area contributed by atoms with Crippen molar-refractivity contribution < 1.29 is 22.6 Å². The Labute approximate surface area is 152 Å². The Hall–Kier alpha value is -3.60. The number of benzene rings is 2. The number of rotatable bonds is 5. The van der Waals surface area contributed by atoms with Crippen LogP contribution in [-0.4, -0.2) is 35.7 Å². The highest BCUT2D eigenvalue weighted by molar-refractivity contribution is 7.90. The maximum Gasteiger partial charge on any atom is 0.322 e. The molecule has 0 unspecified atom stereocenters. The Morgan fingerprint density at radius 1 is 1.07 bits per heavy atom. The molecule has 0 radical (unpaired) electrons. The van der Waals surface area contributed by atoms with E-state index in [2.05, 4.69) is 15.5 Å². The van der Waals surface area contributed by atoms with Crippen molar-refractivity contribution in [3.05, 3.63) is 64.2 Å². The van der Waals surface area contributed by atoms with E-state index >= 15 is 0 Å². The molecule has 1 N–H and O–H groups in total. The maximum atomic E-state index is 12.1. The Bertz CT molecular complexity index is 1100. The fraction of sp³-hybridized carbons (Fsp3) is 0.0625. The molecule has 1 aromatic heterocycles. The number of nitrogens with zero attached hydrogens (tertiary/aromatic N) is 3. The summed E-state index contributed by atoms with van der Waals surface area (Å²) in [5.74, 6) is -0.485. The van der Waals surface area contributed by atoms with Gasteiger partial charge in [0.1, 0.15) is 0 Å². The molecule has 0 atom stereocenters. The molecule has 2 aromatic carbocycles. The highest BCUT2D eigenvalue weighted by Gasteiger charge is 2.15. The molecule has 0 spiro atoms. The summed E-state index contributed by atoms with van der Waals surface area (Å²) in [5, 5.41) is 20.5. The summed E-state index contributed by atoms with van der Waals surface area (Å²) < 4.78 is 28.3. The third kappa shape index (κ3) is 4.15. The molecule has 138 valence electrons. The second-order valence-corrected chi connectivity index (χ2v) is 7.48. The molecule has 0 saturated heterocycles. The van der Waals surface area contributed by atoms with E-state index in [1.807, 2.05) is 0 Å². The van der Waals surface area contributed by atoms with Crippen LogP contribution in [0.2, 0.25) is 0 Å².